The highest BCUT2D eigenvalue weighted by Crippen LogP contribution is 2.26. The van der Waals surface area contributed by atoms with E-state index in [1.54, 1.807) is 0 Å². The van der Waals surface area contributed by atoms with Gasteiger partial charge >= 0.3 is 0 Å². The van der Waals surface area contributed by atoms with Crippen LogP contribution in [0.2, 0.25) is 0 Å². The second kappa shape index (κ2) is 5.34. The number of nitrogens with two attached hydrogens (primary N) is 1. The minimum absolute atomic E-state index is 0.332. The number of rotatable bonds is 4. The van der Waals surface area contributed by atoms with Gasteiger partial charge in [0.25, 0.3) is 0 Å². The summed E-state index contributed by atoms with van der Waals surface area (Å²) in [5.41, 5.74) is 6.10. The van der Waals surface area contributed by atoms with Gasteiger partial charge in [-0.2, -0.15) is 9.64 Å². The minimum atomic E-state index is 0.332. The summed E-state index contributed by atoms with van der Waals surface area (Å²) in [5, 5.41) is 13.1. The number of likely N-dealkylation sites (N-methyl/N-ethyl adjacent to an activating group) is 1. The lowest BCUT2D eigenvalue weighted by Gasteiger charge is -2.22. The molecule has 92 valence electrons. The average Bonchev–Trinajstić information content (AvgIpc) is 2.92. The van der Waals surface area contributed by atoms with E-state index >= 15 is 0 Å². The summed E-state index contributed by atoms with van der Waals surface area (Å²) in [6, 6.07) is 2.66. The van der Waals surface area contributed by atoms with Crippen molar-refractivity contribution in [3.8, 4) is 6.07 Å². The fraction of sp³-hybridized carbons (Fsp3) is 0.636. The van der Waals surface area contributed by atoms with Crippen molar-refractivity contribution in [2.45, 2.75) is 25.8 Å². The largest absolute Gasteiger partial charge is 0.382 e. The van der Waals surface area contributed by atoms with E-state index in [-0.39, 0.29) is 0 Å². The van der Waals surface area contributed by atoms with E-state index in [9.17, 15) is 0 Å². The van der Waals surface area contributed by atoms with Crippen LogP contribution in [0.15, 0.2) is 0 Å². The average molecular weight is 251 g/mol. The molecule has 1 fully saturated rings. The third-order valence-corrected chi connectivity index (χ3v) is 4.05. The molecule has 1 aromatic heterocycles. The second-order valence-electron chi connectivity index (χ2n) is 4.19. The number of nitriles is 1. The third kappa shape index (κ3) is 2.51. The number of aromatic nitrogens is 1. The third-order valence-electron chi connectivity index (χ3n) is 3.23. The molecule has 1 unspecified atom stereocenters. The zero-order chi connectivity index (χ0) is 12.3. The molecule has 1 saturated heterocycles. The Kier molecular flexibility index (Phi) is 3.82. The Morgan fingerprint density at radius 3 is 3.24 bits per heavy atom. The van der Waals surface area contributed by atoms with Gasteiger partial charge in [0.2, 0.25) is 0 Å². The molecule has 0 spiro atoms. The smallest absolute Gasteiger partial charge is 0.157 e. The minimum Gasteiger partial charge on any atom is -0.382 e. The van der Waals surface area contributed by atoms with Gasteiger partial charge in [0.05, 0.1) is 0 Å². The normalized spacial score (nSPS) is 20.4. The van der Waals surface area contributed by atoms with Crippen LogP contribution in [0.5, 0.6) is 0 Å². The van der Waals surface area contributed by atoms with E-state index in [4.69, 9.17) is 11.0 Å². The standard InChI is InChI=1S/C11H17N5S/c1-2-16-5-3-4-8(16)7-14-11-9(6-12)10(13)15-17-11/h8,14H,2-5,7H2,1H3,(H2,13,15). The van der Waals surface area contributed by atoms with E-state index in [0.717, 1.165) is 18.1 Å². The monoisotopic (exact) mass is 251 g/mol. The Labute approximate surface area is 105 Å². The zero-order valence-corrected chi connectivity index (χ0v) is 10.8. The van der Waals surface area contributed by atoms with Crippen LogP contribution in [0.25, 0.3) is 0 Å². The molecule has 1 aliphatic heterocycles. The van der Waals surface area contributed by atoms with E-state index in [2.05, 4.69) is 27.6 Å². The molecule has 0 saturated carbocycles. The summed E-state index contributed by atoms with van der Waals surface area (Å²) in [5.74, 6) is 0.332. The highest BCUT2D eigenvalue weighted by molar-refractivity contribution is 7.10. The molecule has 0 aromatic carbocycles. The van der Waals surface area contributed by atoms with Gasteiger partial charge in [-0.25, -0.2) is 0 Å². The molecule has 5 nitrogen and oxygen atoms in total. The molecular weight excluding hydrogens is 234 g/mol. The van der Waals surface area contributed by atoms with Crippen LogP contribution in [0.1, 0.15) is 25.3 Å². The van der Waals surface area contributed by atoms with Gasteiger partial charge in [-0.15, -0.1) is 0 Å². The van der Waals surface area contributed by atoms with Crippen LogP contribution in [-0.4, -0.2) is 34.9 Å². The molecule has 0 bridgehead atoms. The summed E-state index contributed by atoms with van der Waals surface area (Å²) in [4.78, 5) is 2.46. The molecule has 0 radical (unpaired) electrons. The number of anilines is 2. The predicted octanol–water partition coefficient (Wildman–Crippen LogP) is 1.49. The van der Waals surface area contributed by atoms with E-state index in [0.29, 0.717) is 17.4 Å². The molecule has 2 heterocycles. The van der Waals surface area contributed by atoms with Crippen LogP contribution >= 0.6 is 11.5 Å². The number of nitrogen functional groups attached to an aromatic ring is 1. The van der Waals surface area contributed by atoms with E-state index in [1.807, 2.05) is 0 Å². The number of nitrogens with zero attached hydrogens (tertiary/aromatic N) is 3. The first-order valence-corrected chi connectivity index (χ1v) is 6.66. The number of hydrogen-bond donors (Lipinski definition) is 2. The van der Waals surface area contributed by atoms with Crippen molar-refractivity contribution in [1.29, 1.82) is 5.26 Å². The van der Waals surface area contributed by atoms with Crippen LogP contribution < -0.4 is 11.1 Å². The summed E-state index contributed by atoms with van der Waals surface area (Å²) < 4.78 is 3.99. The van der Waals surface area contributed by atoms with Crippen LogP contribution in [0.3, 0.4) is 0 Å². The molecule has 0 aliphatic carbocycles. The first-order chi connectivity index (χ1) is 8.26. The fourth-order valence-corrected chi connectivity index (χ4v) is 2.95. The fourth-order valence-electron chi connectivity index (χ4n) is 2.28. The summed E-state index contributed by atoms with van der Waals surface area (Å²) >= 11 is 1.27. The van der Waals surface area contributed by atoms with E-state index < -0.39 is 0 Å². The van der Waals surface area contributed by atoms with Crippen molar-refractivity contribution in [2.24, 2.45) is 0 Å². The van der Waals surface area contributed by atoms with Crippen molar-refractivity contribution in [3.63, 3.8) is 0 Å². The molecule has 1 aromatic rings. The van der Waals surface area contributed by atoms with Crippen molar-refractivity contribution in [3.05, 3.63) is 5.56 Å². The molecule has 17 heavy (non-hydrogen) atoms. The molecule has 1 atom stereocenters. The lowest BCUT2D eigenvalue weighted by Crippen LogP contribution is -2.34. The Morgan fingerprint density at radius 2 is 2.53 bits per heavy atom. The van der Waals surface area contributed by atoms with Crippen molar-refractivity contribution in [2.75, 3.05) is 30.7 Å². The number of hydrogen-bond acceptors (Lipinski definition) is 6. The second-order valence-corrected chi connectivity index (χ2v) is 4.96. The lowest BCUT2D eigenvalue weighted by molar-refractivity contribution is 0.277. The molecule has 3 N–H and O–H groups in total. The topological polar surface area (TPSA) is 78.0 Å². The van der Waals surface area contributed by atoms with Crippen molar-refractivity contribution >= 4 is 22.4 Å². The van der Waals surface area contributed by atoms with Gasteiger partial charge in [0.15, 0.2) is 5.82 Å². The highest BCUT2D eigenvalue weighted by atomic mass is 32.1. The van der Waals surface area contributed by atoms with Gasteiger partial charge in [-0.3, -0.25) is 4.90 Å². The van der Waals surface area contributed by atoms with Crippen molar-refractivity contribution < 1.29 is 0 Å². The van der Waals surface area contributed by atoms with Crippen LogP contribution in [-0.2, 0) is 0 Å². The van der Waals surface area contributed by atoms with Crippen LogP contribution in [0.4, 0.5) is 10.8 Å². The predicted molar refractivity (Wildman–Crippen MR) is 70.0 cm³/mol. The quantitative estimate of drug-likeness (QED) is 0.847. The van der Waals surface area contributed by atoms with Gasteiger partial charge in [-0.05, 0) is 37.5 Å². The van der Waals surface area contributed by atoms with Gasteiger partial charge in [-0.1, -0.05) is 6.92 Å². The Bertz CT molecular complexity index is 422. The zero-order valence-electron chi connectivity index (χ0n) is 9.94. The lowest BCUT2D eigenvalue weighted by atomic mass is 10.2. The number of nitrogens with one attached hydrogen (secondary N) is 1. The molecular formula is C11H17N5S. The SMILES string of the molecule is CCN1CCCC1CNc1snc(N)c1C#N. The molecule has 0 amide bonds. The first kappa shape index (κ1) is 12.1. The van der Waals surface area contributed by atoms with Gasteiger partial charge in [0.1, 0.15) is 16.6 Å². The Balaban J connectivity index is 1.96. The molecule has 2 rings (SSSR count). The highest BCUT2D eigenvalue weighted by Gasteiger charge is 2.23. The first-order valence-electron chi connectivity index (χ1n) is 5.89. The van der Waals surface area contributed by atoms with Gasteiger partial charge in [0, 0.05) is 12.6 Å². The Morgan fingerprint density at radius 1 is 1.71 bits per heavy atom. The summed E-state index contributed by atoms with van der Waals surface area (Å²) in [6.45, 7) is 5.31. The molecule has 6 heteroatoms. The maximum atomic E-state index is 8.96. The van der Waals surface area contributed by atoms with E-state index in [1.165, 1.54) is 30.9 Å². The van der Waals surface area contributed by atoms with Crippen molar-refractivity contribution in [1.82, 2.24) is 9.27 Å². The maximum absolute atomic E-state index is 8.96. The van der Waals surface area contributed by atoms with Gasteiger partial charge < -0.3 is 11.1 Å². The Hall–Kier alpha value is -1.32. The summed E-state index contributed by atoms with van der Waals surface area (Å²) in [6.07, 6.45) is 2.48. The number of likely N-dealkylation sites (tertiary alicyclic amines) is 1. The molecule has 1 aliphatic rings. The van der Waals surface area contributed by atoms with Crippen LogP contribution in [0, 0.1) is 11.3 Å². The maximum Gasteiger partial charge on any atom is 0.157 e. The summed E-state index contributed by atoms with van der Waals surface area (Å²) in [7, 11) is 0.